The molecule has 0 aromatic heterocycles. The molecule has 1 heterocycles. The van der Waals surface area contributed by atoms with Crippen LogP contribution in [-0.4, -0.2) is 23.0 Å². The molecule has 0 aromatic carbocycles. The van der Waals surface area contributed by atoms with Gasteiger partial charge in [0, 0.05) is 11.1 Å². The van der Waals surface area contributed by atoms with Gasteiger partial charge in [-0.05, 0) is 45.6 Å². The van der Waals surface area contributed by atoms with Gasteiger partial charge < -0.3 is 0 Å². The smallest absolute Gasteiger partial charge is 0.0334 e. The predicted octanol–water partition coefficient (Wildman–Crippen LogP) is 4.57. The average Bonchev–Trinajstić information content (AvgIpc) is 2.30. The van der Waals surface area contributed by atoms with E-state index in [0.29, 0.717) is 21.9 Å². The van der Waals surface area contributed by atoms with E-state index in [4.69, 9.17) is 0 Å². The quantitative estimate of drug-likeness (QED) is 0.548. The normalized spacial score (nSPS) is 23.4. The lowest BCUT2D eigenvalue weighted by atomic mass is 9.71. The largest absolute Gasteiger partial charge is 0.292 e. The number of hydrogen-bond donors (Lipinski definition) is 0. The van der Waals surface area contributed by atoms with Gasteiger partial charge in [-0.15, -0.1) is 0 Å². The lowest BCUT2D eigenvalue weighted by Gasteiger charge is -2.34. The Hall–Kier alpha value is -0.0400. The van der Waals surface area contributed by atoms with Crippen LogP contribution in [0.1, 0.15) is 69.2 Å². The fourth-order valence-corrected chi connectivity index (χ4v) is 1.17. The van der Waals surface area contributed by atoms with E-state index in [1.54, 1.807) is 0 Å². The third-order valence-corrected chi connectivity index (χ3v) is 5.37. The van der Waals surface area contributed by atoms with Gasteiger partial charge in [0.05, 0.1) is 0 Å². The second-order valence-corrected chi connectivity index (χ2v) is 8.18. The summed E-state index contributed by atoms with van der Waals surface area (Å²) in [5.41, 5.74) is 1.75. The molecule has 1 aliphatic heterocycles. The monoisotopic (exact) mass is 227 g/mol. The standard InChI is InChI=1S/C8H18.C7H15N/c1-7(2,3)8(4,5)6;1-6(2)7(3,4)8(6)5/h1-6H3;1-5H3. The first-order valence-corrected chi connectivity index (χ1v) is 6.39. The maximum Gasteiger partial charge on any atom is 0.0334 e. The second kappa shape index (κ2) is 4.01. The third-order valence-electron chi connectivity index (χ3n) is 5.37. The molecule has 0 aliphatic carbocycles. The molecule has 1 rings (SSSR count). The molecule has 1 fully saturated rings. The molecule has 0 atom stereocenters. The highest BCUT2D eigenvalue weighted by Gasteiger charge is 2.59. The van der Waals surface area contributed by atoms with Gasteiger partial charge in [0.25, 0.3) is 0 Å². The van der Waals surface area contributed by atoms with E-state index in [2.05, 4.69) is 81.2 Å². The zero-order chi connectivity index (χ0) is 13.6. The molecule has 0 spiro atoms. The molecule has 0 amide bonds. The van der Waals surface area contributed by atoms with Crippen molar-refractivity contribution in [1.82, 2.24) is 4.90 Å². The minimum Gasteiger partial charge on any atom is -0.292 e. The van der Waals surface area contributed by atoms with Crippen LogP contribution >= 0.6 is 0 Å². The molecule has 16 heavy (non-hydrogen) atoms. The van der Waals surface area contributed by atoms with Gasteiger partial charge in [-0.2, -0.15) is 0 Å². The minimum atomic E-state index is 0.437. The first-order chi connectivity index (χ1) is 6.65. The molecular formula is C15H33N. The summed E-state index contributed by atoms with van der Waals surface area (Å²) >= 11 is 0. The van der Waals surface area contributed by atoms with E-state index in [9.17, 15) is 0 Å². The highest BCUT2D eigenvalue weighted by atomic mass is 15.4. The van der Waals surface area contributed by atoms with Gasteiger partial charge in [-0.25, -0.2) is 0 Å². The van der Waals surface area contributed by atoms with E-state index in [-0.39, 0.29) is 0 Å². The van der Waals surface area contributed by atoms with Crippen molar-refractivity contribution in [1.29, 1.82) is 0 Å². The van der Waals surface area contributed by atoms with E-state index < -0.39 is 0 Å². The predicted molar refractivity (Wildman–Crippen MR) is 74.8 cm³/mol. The molecule has 0 unspecified atom stereocenters. The number of likely N-dealkylation sites (N-methyl/N-ethyl adjacent to an activating group) is 1. The van der Waals surface area contributed by atoms with E-state index in [0.717, 1.165) is 0 Å². The summed E-state index contributed by atoms with van der Waals surface area (Å²) in [4.78, 5) is 2.38. The van der Waals surface area contributed by atoms with Crippen LogP contribution in [0.25, 0.3) is 0 Å². The summed E-state index contributed by atoms with van der Waals surface area (Å²) in [6.07, 6.45) is 0. The fraction of sp³-hybridized carbons (Fsp3) is 1.00. The van der Waals surface area contributed by atoms with Crippen LogP contribution in [0.15, 0.2) is 0 Å². The van der Waals surface area contributed by atoms with Gasteiger partial charge in [0.15, 0.2) is 0 Å². The fourth-order valence-electron chi connectivity index (χ4n) is 1.17. The SMILES string of the molecule is CC(C)(C)C(C)(C)C.CN1C(C)(C)C1(C)C. The average molecular weight is 227 g/mol. The molecule has 1 saturated heterocycles. The Morgan fingerprint density at radius 1 is 0.625 bits per heavy atom. The van der Waals surface area contributed by atoms with Gasteiger partial charge in [-0.3, -0.25) is 4.90 Å². The molecule has 98 valence electrons. The van der Waals surface area contributed by atoms with Crippen LogP contribution in [0.5, 0.6) is 0 Å². The highest BCUT2D eigenvalue weighted by Crippen LogP contribution is 2.48. The summed E-state index contributed by atoms with van der Waals surface area (Å²) in [6.45, 7) is 22.7. The Morgan fingerprint density at radius 3 is 0.750 bits per heavy atom. The highest BCUT2D eigenvalue weighted by molar-refractivity contribution is 5.17. The maximum atomic E-state index is 2.38. The molecular weight excluding hydrogens is 194 g/mol. The Morgan fingerprint density at radius 2 is 0.750 bits per heavy atom. The van der Waals surface area contributed by atoms with Crippen molar-refractivity contribution in [2.45, 2.75) is 80.3 Å². The summed E-state index contributed by atoms with van der Waals surface area (Å²) < 4.78 is 0. The Labute approximate surface area is 104 Å². The second-order valence-electron chi connectivity index (χ2n) is 8.18. The van der Waals surface area contributed by atoms with Gasteiger partial charge in [0.1, 0.15) is 0 Å². The zero-order valence-corrected chi connectivity index (χ0v) is 13.4. The van der Waals surface area contributed by atoms with Crippen molar-refractivity contribution in [3.8, 4) is 0 Å². The van der Waals surface area contributed by atoms with Crippen molar-refractivity contribution < 1.29 is 0 Å². The molecule has 0 aromatic rings. The Bertz CT molecular complexity index is 193. The summed E-state index contributed by atoms with van der Waals surface area (Å²) in [5, 5.41) is 0. The van der Waals surface area contributed by atoms with Crippen LogP contribution < -0.4 is 0 Å². The van der Waals surface area contributed by atoms with Crippen LogP contribution in [0.4, 0.5) is 0 Å². The van der Waals surface area contributed by atoms with Gasteiger partial charge in [0.2, 0.25) is 0 Å². The van der Waals surface area contributed by atoms with E-state index in [1.807, 2.05) is 0 Å². The Kier molecular flexibility index (Phi) is 4.00. The number of rotatable bonds is 0. The first kappa shape index (κ1) is 16.0. The van der Waals surface area contributed by atoms with Gasteiger partial charge in [-0.1, -0.05) is 41.5 Å². The van der Waals surface area contributed by atoms with Crippen LogP contribution in [-0.2, 0) is 0 Å². The molecule has 0 bridgehead atoms. The summed E-state index contributed by atoms with van der Waals surface area (Å²) in [6, 6.07) is 0. The van der Waals surface area contributed by atoms with Crippen molar-refractivity contribution in [2.75, 3.05) is 7.05 Å². The van der Waals surface area contributed by atoms with E-state index >= 15 is 0 Å². The minimum absolute atomic E-state index is 0.437. The third kappa shape index (κ3) is 3.00. The molecule has 1 heteroatoms. The Balaban J connectivity index is 0.000000281. The molecule has 0 radical (unpaired) electrons. The van der Waals surface area contributed by atoms with Crippen LogP contribution in [0.2, 0.25) is 0 Å². The van der Waals surface area contributed by atoms with Crippen molar-refractivity contribution in [3.05, 3.63) is 0 Å². The molecule has 1 aliphatic rings. The maximum absolute atomic E-state index is 2.38. The zero-order valence-electron chi connectivity index (χ0n) is 13.4. The van der Waals surface area contributed by atoms with Gasteiger partial charge >= 0.3 is 0 Å². The van der Waals surface area contributed by atoms with Crippen LogP contribution in [0.3, 0.4) is 0 Å². The molecule has 0 saturated carbocycles. The topological polar surface area (TPSA) is 3.01 Å². The first-order valence-electron chi connectivity index (χ1n) is 6.39. The van der Waals surface area contributed by atoms with Crippen LogP contribution in [0, 0.1) is 10.8 Å². The lowest BCUT2D eigenvalue weighted by molar-refractivity contribution is 0.157. The number of nitrogens with zero attached hydrogens (tertiary/aromatic N) is 1. The molecule has 0 N–H and O–H groups in total. The number of hydrogen-bond acceptors (Lipinski definition) is 1. The molecule has 1 nitrogen and oxygen atoms in total. The summed E-state index contributed by atoms with van der Waals surface area (Å²) in [5.74, 6) is 0. The van der Waals surface area contributed by atoms with Crippen molar-refractivity contribution in [3.63, 3.8) is 0 Å². The lowest BCUT2D eigenvalue weighted by Crippen LogP contribution is -2.25. The van der Waals surface area contributed by atoms with E-state index in [1.165, 1.54) is 0 Å². The van der Waals surface area contributed by atoms with Crippen molar-refractivity contribution >= 4 is 0 Å². The summed E-state index contributed by atoms with van der Waals surface area (Å²) in [7, 11) is 2.17. The van der Waals surface area contributed by atoms with Crippen molar-refractivity contribution in [2.24, 2.45) is 10.8 Å².